The number of ether oxygens (including phenoxy) is 2. The van der Waals surface area contributed by atoms with Gasteiger partial charge < -0.3 is 19.3 Å². The van der Waals surface area contributed by atoms with Crippen molar-refractivity contribution in [2.24, 2.45) is 0 Å². The quantitative estimate of drug-likeness (QED) is 0.529. The van der Waals surface area contributed by atoms with Gasteiger partial charge in [-0.15, -0.1) is 0 Å². The number of likely N-dealkylation sites (N-methyl/N-ethyl adjacent to an activating group) is 1. The molecular formula is C27H32N4O4. The van der Waals surface area contributed by atoms with Crippen LogP contribution >= 0.6 is 0 Å². The molecule has 3 heterocycles. The van der Waals surface area contributed by atoms with Crippen molar-refractivity contribution in [1.29, 1.82) is 0 Å². The average Bonchev–Trinajstić information content (AvgIpc) is 3.32. The zero-order valence-electron chi connectivity index (χ0n) is 20.7. The first-order valence-corrected chi connectivity index (χ1v) is 11.8. The Bertz CT molecular complexity index is 1200. The molecule has 1 saturated heterocycles. The smallest absolute Gasteiger partial charge is 0.410 e. The Morgan fingerprint density at radius 1 is 1.14 bits per heavy atom. The number of amides is 1. The van der Waals surface area contributed by atoms with Crippen LogP contribution in [0.4, 0.5) is 10.6 Å². The fourth-order valence-electron chi connectivity index (χ4n) is 3.96. The first-order valence-electron chi connectivity index (χ1n) is 11.8. The lowest BCUT2D eigenvalue weighted by atomic mass is 10.2. The maximum absolute atomic E-state index is 12.7. The van der Waals surface area contributed by atoms with Crippen LogP contribution in [-0.2, 0) is 11.3 Å². The monoisotopic (exact) mass is 476 g/mol. The van der Waals surface area contributed by atoms with E-state index in [2.05, 4.69) is 9.88 Å². The number of nitrogens with zero attached hydrogens (tertiary/aromatic N) is 4. The normalized spacial score (nSPS) is 15.7. The molecule has 0 bridgehead atoms. The van der Waals surface area contributed by atoms with E-state index in [1.807, 2.05) is 63.2 Å². The predicted molar refractivity (Wildman–Crippen MR) is 135 cm³/mol. The highest BCUT2D eigenvalue weighted by Gasteiger charge is 2.31. The predicted octanol–water partition coefficient (Wildman–Crippen LogP) is 4.26. The Labute approximate surface area is 205 Å². The van der Waals surface area contributed by atoms with Crippen LogP contribution in [0.3, 0.4) is 0 Å². The van der Waals surface area contributed by atoms with Gasteiger partial charge in [0.1, 0.15) is 23.8 Å². The summed E-state index contributed by atoms with van der Waals surface area (Å²) < 4.78 is 12.8. The third kappa shape index (κ3) is 6.20. The Balaban J connectivity index is 1.37. The largest absolute Gasteiger partial charge is 0.489 e. The summed E-state index contributed by atoms with van der Waals surface area (Å²) >= 11 is 0. The van der Waals surface area contributed by atoms with Crippen LogP contribution in [0.25, 0.3) is 5.69 Å². The molecule has 0 saturated carbocycles. The van der Waals surface area contributed by atoms with Gasteiger partial charge in [-0.25, -0.2) is 9.78 Å². The summed E-state index contributed by atoms with van der Waals surface area (Å²) in [6.45, 7) is 7.46. The van der Waals surface area contributed by atoms with Gasteiger partial charge in [-0.05, 0) is 51.0 Å². The lowest BCUT2D eigenvalue weighted by Crippen LogP contribution is -2.42. The maximum Gasteiger partial charge on any atom is 0.410 e. The van der Waals surface area contributed by atoms with Gasteiger partial charge >= 0.3 is 6.09 Å². The molecule has 1 aliphatic rings. The highest BCUT2D eigenvalue weighted by Crippen LogP contribution is 2.23. The van der Waals surface area contributed by atoms with E-state index in [4.69, 9.17) is 9.47 Å². The second-order valence-corrected chi connectivity index (χ2v) is 9.70. The molecule has 3 aromatic rings. The van der Waals surface area contributed by atoms with Gasteiger partial charge in [0.25, 0.3) is 5.56 Å². The highest BCUT2D eigenvalue weighted by molar-refractivity contribution is 5.68. The molecule has 1 atom stereocenters. The number of carbonyl (C=O) groups excluding carboxylic acids is 1. The number of aromatic nitrogens is 2. The topological polar surface area (TPSA) is 76.9 Å². The van der Waals surface area contributed by atoms with E-state index in [0.29, 0.717) is 24.6 Å². The lowest BCUT2D eigenvalue weighted by molar-refractivity contribution is 0.0238. The second kappa shape index (κ2) is 10.2. The Kier molecular flexibility index (Phi) is 7.10. The first-order chi connectivity index (χ1) is 16.7. The van der Waals surface area contributed by atoms with Crippen LogP contribution in [0.15, 0.2) is 71.8 Å². The van der Waals surface area contributed by atoms with Crippen molar-refractivity contribution in [3.63, 3.8) is 0 Å². The van der Waals surface area contributed by atoms with E-state index in [9.17, 15) is 9.59 Å². The van der Waals surface area contributed by atoms with Crippen molar-refractivity contribution >= 4 is 11.9 Å². The van der Waals surface area contributed by atoms with Gasteiger partial charge in [-0.3, -0.25) is 9.36 Å². The number of anilines is 1. The minimum Gasteiger partial charge on any atom is -0.489 e. The fourth-order valence-corrected chi connectivity index (χ4v) is 3.96. The number of benzene rings is 1. The van der Waals surface area contributed by atoms with E-state index < -0.39 is 5.60 Å². The molecule has 8 heteroatoms. The maximum atomic E-state index is 12.7. The standard InChI is InChI=1S/C27H32N4O4/c1-27(2,3)35-26(33)29(4)22-12-14-30(18-22)24-11-10-21(17-28-24)31-15-13-23(16-25(31)32)34-19-20-8-6-5-7-9-20/h5-11,13,15-17,22H,12,14,18-19H2,1-4H3/t22-/m1/s1. The number of hydrogen-bond donors (Lipinski definition) is 0. The number of pyridine rings is 2. The van der Waals surface area contributed by atoms with Crippen molar-refractivity contribution in [3.8, 4) is 11.4 Å². The summed E-state index contributed by atoms with van der Waals surface area (Å²) in [5.74, 6) is 1.33. The van der Waals surface area contributed by atoms with Crippen LogP contribution in [0.1, 0.15) is 32.8 Å². The van der Waals surface area contributed by atoms with E-state index in [0.717, 1.165) is 24.3 Å². The molecule has 184 valence electrons. The van der Waals surface area contributed by atoms with Crippen molar-refractivity contribution < 1.29 is 14.3 Å². The fraction of sp³-hybridized carbons (Fsp3) is 0.370. The number of carbonyl (C=O) groups is 1. The zero-order chi connectivity index (χ0) is 25.0. The zero-order valence-corrected chi connectivity index (χ0v) is 20.7. The average molecular weight is 477 g/mol. The molecule has 0 radical (unpaired) electrons. The van der Waals surface area contributed by atoms with E-state index in [1.165, 1.54) is 10.6 Å². The van der Waals surface area contributed by atoms with Gasteiger partial charge in [-0.1, -0.05) is 30.3 Å². The Morgan fingerprint density at radius 2 is 1.91 bits per heavy atom. The van der Waals surface area contributed by atoms with Crippen molar-refractivity contribution in [2.75, 3.05) is 25.0 Å². The van der Waals surface area contributed by atoms with Crippen molar-refractivity contribution in [2.45, 2.75) is 45.4 Å². The Hall–Kier alpha value is -3.81. The summed E-state index contributed by atoms with van der Waals surface area (Å²) in [4.78, 5) is 33.4. The van der Waals surface area contributed by atoms with Gasteiger partial charge in [0.05, 0.1) is 17.9 Å². The minimum absolute atomic E-state index is 0.0531. The number of hydrogen-bond acceptors (Lipinski definition) is 6. The SMILES string of the molecule is CN(C(=O)OC(C)(C)C)[C@@H]1CCN(c2ccc(-n3ccc(OCc4ccccc4)cc3=O)cn2)C1. The first kappa shape index (κ1) is 24.3. The molecule has 1 fully saturated rings. The molecule has 0 unspecified atom stereocenters. The van der Waals surface area contributed by atoms with Crippen LogP contribution in [-0.4, -0.2) is 52.3 Å². The summed E-state index contributed by atoms with van der Waals surface area (Å²) in [6, 6.07) is 16.9. The molecule has 0 spiro atoms. The van der Waals surface area contributed by atoms with E-state index in [1.54, 1.807) is 30.4 Å². The van der Waals surface area contributed by atoms with E-state index >= 15 is 0 Å². The molecule has 8 nitrogen and oxygen atoms in total. The van der Waals surface area contributed by atoms with Crippen LogP contribution in [0.2, 0.25) is 0 Å². The third-order valence-electron chi connectivity index (χ3n) is 5.87. The van der Waals surface area contributed by atoms with Crippen molar-refractivity contribution in [1.82, 2.24) is 14.5 Å². The molecule has 0 aliphatic carbocycles. The van der Waals surface area contributed by atoms with Crippen LogP contribution in [0, 0.1) is 0 Å². The number of rotatable bonds is 6. The summed E-state index contributed by atoms with van der Waals surface area (Å²) in [7, 11) is 1.78. The molecule has 1 aliphatic heterocycles. The van der Waals surface area contributed by atoms with Crippen LogP contribution in [0.5, 0.6) is 5.75 Å². The molecule has 0 N–H and O–H groups in total. The lowest BCUT2D eigenvalue weighted by Gasteiger charge is -2.28. The van der Waals surface area contributed by atoms with Crippen LogP contribution < -0.4 is 15.2 Å². The van der Waals surface area contributed by atoms with Gasteiger partial charge in [0.15, 0.2) is 0 Å². The van der Waals surface area contributed by atoms with Gasteiger partial charge in [0, 0.05) is 32.4 Å². The second-order valence-electron chi connectivity index (χ2n) is 9.70. The molecule has 1 aromatic carbocycles. The van der Waals surface area contributed by atoms with Gasteiger partial charge in [-0.2, -0.15) is 0 Å². The summed E-state index contributed by atoms with van der Waals surface area (Å²) in [5, 5.41) is 0. The summed E-state index contributed by atoms with van der Waals surface area (Å²) in [5.41, 5.74) is 1.00. The van der Waals surface area contributed by atoms with E-state index in [-0.39, 0.29) is 17.7 Å². The molecule has 2 aromatic heterocycles. The molecule has 1 amide bonds. The summed E-state index contributed by atoms with van der Waals surface area (Å²) in [6.07, 6.45) is 3.90. The highest BCUT2D eigenvalue weighted by atomic mass is 16.6. The Morgan fingerprint density at radius 3 is 2.57 bits per heavy atom. The minimum atomic E-state index is -0.522. The third-order valence-corrected chi connectivity index (χ3v) is 5.87. The molecule has 4 rings (SSSR count). The van der Waals surface area contributed by atoms with Crippen molar-refractivity contribution in [3.05, 3.63) is 82.9 Å². The van der Waals surface area contributed by atoms with Gasteiger partial charge in [0.2, 0.25) is 0 Å². The molecular weight excluding hydrogens is 444 g/mol. The molecule has 35 heavy (non-hydrogen) atoms.